The highest BCUT2D eigenvalue weighted by atomic mass is 19.1. The Morgan fingerprint density at radius 1 is 1.26 bits per heavy atom. The van der Waals surface area contributed by atoms with Crippen molar-refractivity contribution in [1.29, 1.82) is 0 Å². The van der Waals surface area contributed by atoms with Gasteiger partial charge in [0.05, 0.1) is 22.8 Å². The molecule has 2 aromatic heterocycles. The highest BCUT2D eigenvalue weighted by molar-refractivity contribution is 6.05. The van der Waals surface area contributed by atoms with E-state index in [9.17, 15) is 9.18 Å². The predicted molar refractivity (Wildman–Crippen MR) is 84.7 cm³/mol. The molecule has 3 fully saturated rings. The molecule has 6 nitrogen and oxygen atoms in total. The third kappa shape index (κ3) is 2.17. The SMILES string of the molecule is Cn1ncc2c(N)c(C(=O)NC34CCC(F)(CC3)CC4)cnc21. The molecule has 122 valence electrons. The summed E-state index contributed by atoms with van der Waals surface area (Å²) in [5.74, 6) is -0.228. The van der Waals surface area contributed by atoms with Gasteiger partial charge in [-0.3, -0.25) is 9.48 Å². The highest BCUT2D eigenvalue weighted by Crippen LogP contribution is 2.49. The van der Waals surface area contributed by atoms with Crippen LogP contribution in [0.5, 0.6) is 0 Å². The molecular formula is C16H20FN5O. The van der Waals surface area contributed by atoms with E-state index in [-0.39, 0.29) is 11.4 Å². The lowest BCUT2D eigenvalue weighted by Crippen LogP contribution is -2.57. The van der Waals surface area contributed by atoms with Crippen LogP contribution in [0, 0.1) is 0 Å². The van der Waals surface area contributed by atoms with E-state index in [4.69, 9.17) is 5.73 Å². The molecule has 23 heavy (non-hydrogen) atoms. The molecule has 1 amide bonds. The van der Waals surface area contributed by atoms with Gasteiger partial charge in [0.2, 0.25) is 0 Å². The van der Waals surface area contributed by atoms with Crippen LogP contribution in [0.1, 0.15) is 48.9 Å². The van der Waals surface area contributed by atoms with Crippen LogP contribution in [0.15, 0.2) is 12.4 Å². The number of carbonyl (C=O) groups is 1. The standard InChI is InChI=1S/C16H20FN5O/c1-22-13-10(9-20-22)12(18)11(8-19-13)14(23)21-16-5-2-15(17,3-6-16)4-7-16/h8-9H,2-7H2,1H3,(H2,18,19)(H,21,23). The molecule has 0 saturated heterocycles. The molecule has 3 saturated carbocycles. The summed E-state index contributed by atoms with van der Waals surface area (Å²) in [7, 11) is 1.78. The first-order valence-corrected chi connectivity index (χ1v) is 7.99. The van der Waals surface area contributed by atoms with Crippen LogP contribution in [-0.2, 0) is 7.05 Å². The van der Waals surface area contributed by atoms with Gasteiger partial charge >= 0.3 is 0 Å². The zero-order chi connectivity index (χ0) is 16.2. The lowest BCUT2D eigenvalue weighted by molar-refractivity contribution is -0.00649. The summed E-state index contributed by atoms with van der Waals surface area (Å²) in [4.78, 5) is 17.0. The average Bonchev–Trinajstić information content (AvgIpc) is 2.92. The van der Waals surface area contributed by atoms with Crippen LogP contribution in [0.4, 0.5) is 10.1 Å². The van der Waals surface area contributed by atoms with Crippen molar-refractivity contribution in [1.82, 2.24) is 20.1 Å². The fourth-order valence-electron chi connectivity index (χ4n) is 3.93. The molecule has 5 rings (SSSR count). The molecule has 3 aliphatic rings. The molecule has 3 N–H and O–H groups in total. The number of nitrogens with two attached hydrogens (primary N) is 1. The smallest absolute Gasteiger partial charge is 0.255 e. The zero-order valence-corrected chi connectivity index (χ0v) is 13.1. The number of halogens is 1. The van der Waals surface area contributed by atoms with Crippen molar-refractivity contribution >= 4 is 22.6 Å². The summed E-state index contributed by atoms with van der Waals surface area (Å²) in [6.45, 7) is 0. The maximum Gasteiger partial charge on any atom is 0.255 e. The molecular weight excluding hydrogens is 297 g/mol. The van der Waals surface area contributed by atoms with E-state index in [2.05, 4.69) is 15.4 Å². The topological polar surface area (TPSA) is 85.8 Å². The summed E-state index contributed by atoms with van der Waals surface area (Å²) in [5.41, 5.74) is 6.24. The van der Waals surface area contributed by atoms with E-state index in [0.29, 0.717) is 60.8 Å². The second kappa shape index (κ2) is 4.66. The largest absolute Gasteiger partial charge is 0.397 e. The van der Waals surface area contributed by atoms with Crippen LogP contribution in [-0.4, -0.2) is 31.9 Å². The van der Waals surface area contributed by atoms with Gasteiger partial charge < -0.3 is 11.1 Å². The number of nitrogens with one attached hydrogen (secondary N) is 1. The van der Waals surface area contributed by atoms with Gasteiger partial charge in [-0.15, -0.1) is 0 Å². The number of aryl methyl sites for hydroxylation is 1. The second-order valence-electron chi connectivity index (χ2n) is 6.98. The fourth-order valence-corrected chi connectivity index (χ4v) is 3.93. The molecule has 2 heterocycles. The summed E-state index contributed by atoms with van der Waals surface area (Å²) in [6, 6.07) is 0. The van der Waals surface area contributed by atoms with E-state index < -0.39 is 5.67 Å². The van der Waals surface area contributed by atoms with Gasteiger partial charge in [0.25, 0.3) is 5.91 Å². The van der Waals surface area contributed by atoms with Gasteiger partial charge in [0, 0.05) is 18.8 Å². The zero-order valence-electron chi connectivity index (χ0n) is 13.1. The van der Waals surface area contributed by atoms with Crippen molar-refractivity contribution in [3.8, 4) is 0 Å². The first kappa shape index (κ1) is 14.4. The van der Waals surface area contributed by atoms with Gasteiger partial charge in [0.1, 0.15) is 5.67 Å². The lowest BCUT2D eigenvalue weighted by atomic mass is 9.64. The first-order chi connectivity index (χ1) is 10.9. The maximum atomic E-state index is 14.3. The molecule has 0 radical (unpaired) electrons. The molecule has 3 aliphatic carbocycles. The number of pyridine rings is 1. The third-order valence-electron chi connectivity index (χ3n) is 5.58. The van der Waals surface area contributed by atoms with Gasteiger partial charge in [-0.05, 0) is 38.5 Å². The minimum atomic E-state index is -1.01. The quantitative estimate of drug-likeness (QED) is 0.888. The highest BCUT2D eigenvalue weighted by Gasteiger charge is 2.49. The van der Waals surface area contributed by atoms with Crippen molar-refractivity contribution in [3.63, 3.8) is 0 Å². The van der Waals surface area contributed by atoms with Crippen LogP contribution in [0.25, 0.3) is 11.0 Å². The Morgan fingerprint density at radius 3 is 2.57 bits per heavy atom. The molecule has 0 unspecified atom stereocenters. The Bertz CT molecular complexity index is 775. The van der Waals surface area contributed by atoms with Gasteiger partial charge in [-0.2, -0.15) is 5.10 Å². The Balaban J connectivity index is 1.61. The number of aromatic nitrogens is 3. The number of rotatable bonds is 2. The van der Waals surface area contributed by atoms with E-state index in [1.165, 1.54) is 6.20 Å². The van der Waals surface area contributed by atoms with Crippen LogP contribution >= 0.6 is 0 Å². The maximum absolute atomic E-state index is 14.3. The summed E-state index contributed by atoms with van der Waals surface area (Å²) in [6.07, 6.45) is 6.78. The number of anilines is 1. The molecule has 2 aromatic rings. The summed E-state index contributed by atoms with van der Waals surface area (Å²) >= 11 is 0. The van der Waals surface area contributed by atoms with E-state index >= 15 is 0 Å². The van der Waals surface area contributed by atoms with Crippen LogP contribution < -0.4 is 11.1 Å². The number of nitrogen functional groups attached to an aromatic ring is 1. The van der Waals surface area contributed by atoms with Gasteiger partial charge in [0.15, 0.2) is 5.65 Å². The molecule has 0 aliphatic heterocycles. The minimum absolute atomic E-state index is 0.228. The number of hydrogen-bond donors (Lipinski definition) is 2. The summed E-state index contributed by atoms with van der Waals surface area (Å²) < 4.78 is 15.9. The van der Waals surface area contributed by atoms with Gasteiger partial charge in [-0.25, -0.2) is 9.37 Å². The fraction of sp³-hybridized carbons (Fsp3) is 0.562. The Hall–Kier alpha value is -2.18. The second-order valence-corrected chi connectivity index (χ2v) is 6.98. The number of fused-ring (bicyclic) bond motifs is 4. The number of hydrogen-bond acceptors (Lipinski definition) is 4. The Kier molecular flexibility index (Phi) is 2.92. The van der Waals surface area contributed by atoms with Crippen LogP contribution in [0.3, 0.4) is 0 Å². The monoisotopic (exact) mass is 317 g/mol. The summed E-state index contributed by atoms with van der Waals surface area (Å²) in [5, 5.41) is 7.90. The number of alkyl halides is 1. The third-order valence-corrected chi connectivity index (χ3v) is 5.58. The minimum Gasteiger partial charge on any atom is -0.397 e. The van der Waals surface area contributed by atoms with Crippen molar-refractivity contribution in [2.75, 3.05) is 5.73 Å². The Morgan fingerprint density at radius 2 is 1.91 bits per heavy atom. The van der Waals surface area contributed by atoms with E-state index in [0.717, 1.165) is 0 Å². The Labute approximate surface area is 133 Å². The lowest BCUT2D eigenvalue weighted by Gasteiger charge is -2.49. The van der Waals surface area contributed by atoms with Crippen molar-refractivity contribution in [2.24, 2.45) is 7.05 Å². The molecule has 0 aromatic carbocycles. The number of amides is 1. The number of nitrogens with zero attached hydrogens (tertiary/aromatic N) is 3. The van der Waals surface area contributed by atoms with Crippen molar-refractivity contribution in [2.45, 2.75) is 49.7 Å². The van der Waals surface area contributed by atoms with Crippen molar-refractivity contribution in [3.05, 3.63) is 18.0 Å². The molecule has 0 spiro atoms. The van der Waals surface area contributed by atoms with Crippen LogP contribution in [0.2, 0.25) is 0 Å². The molecule has 2 bridgehead atoms. The van der Waals surface area contributed by atoms with E-state index in [1.807, 2.05) is 0 Å². The first-order valence-electron chi connectivity index (χ1n) is 7.99. The normalized spacial score (nSPS) is 29.8. The molecule has 0 atom stereocenters. The van der Waals surface area contributed by atoms with E-state index in [1.54, 1.807) is 17.9 Å². The average molecular weight is 317 g/mol. The van der Waals surface area contributed by atoms with Gasteiger partial charge in [-0.1, -0.05) is 0 Å². The van der Waals surface area contributed by atoms with Crippen molar-refractivity contribution < 1.29 is 9.18 Å². The number of carbonyl (C=O) groups excluding carboxylic acids is 1. The predicted octanol–water partition coefficient (Wildman–Crippen LogP) is 2.10. The molecule has 7 heteroatoms.